The molecule has 1 unspecified atom stereocenters. The molecule has 0 saturated carbocycles. The molecule has 0 saturated heterocycles. The Hall–Kier alpha value is -2.93. The van der Waals surface area contributed by atoms with Crippen LogP contribution in [0.2, 0.25) is 0 Å². The second-order valence-electron chi connectivity index (χ2n) is 6.90. The molecule has 0 N–H and O–H groups in total. The summed E-state index contributed by atoms with van der Waals surface area (Å²) < 4.78 is 12.6. The van der Waals surface area contributed by atoms with Crippen molar-refractivity contribution in [2.75, 3.05) is 27.2 Å². The first-order valence-corrected chi connectivity index (χ1v) is 9.37. The predicted molar refractivity (Wildman–Crippen MR) is 108 cm³/mol. The van der Waals surface area contributed by atoms with Gasteiger partial charge in [0.25, 0.3) is 0 Å². The molecule has 0 spiro atoms. The number of carbonyl (C=O) groups is 1. The van der Waals surface area contributed by atoms with E-state index in [1.165, 1.54) is 0 Å². The van der Waals surface area contributed by atoms with E-state index in [2.05, 4.69) is 15.0 Å². The topological polar surface area (TPSA) is 69.5 Å². The Morgan fingerprint density at radius 2 is 1.96 bits per heavy atom. The zero-order valence-corrected chi connectivity index (χ0v) is 16.8. The van der Waals surface area contributed by atoms with Crippen molar-refractivity contribution in [1.82, 2.24) is 19.7 Å². The molecular weight excluding hydrogens is 356 g/mol. The molecule has 0 radical (unpaired) electrons. The molecule has 0 fully saturated rings. The zero-order chi connectivity index (χ0) is 20.1. The van der Waals surface area contributed by atoms with E-state index in [0.29, 0.717) is 12.3 Å². The molecule has 7 heteroatoms. The summed E-state index contributed by atoms with van der Waals surface area (Å²) in [4.78, 5) is 18.4. The number of esters is 1. The van der Waals surface area contributed by atoms with E-state index in [0.717, 1.165) is 28.9 Å². The van der Waals surface area contributed by atoms with Gasteiger partial charge < -0.3 is 14.4 Å². The molecule has 148 valence electrons. The summed E-state index contributed by atoms with van der Waals surface area (Å²) in [5, 5.41) is 5.51. The predicted octanol–water partition coefficient (Wildman–Crippen LogP) is 2.99. The Bertz CT molecular complexity index is 934. The van der Waals surface area contributed by atoms with Crippen molar-refractivity contribution >= 4 is 17.0 Å². The van der Waals surface area contributed by atoms with Crippen molar-refractivity contribution in [3.63, 3.8) is 0 Å². The summed E-state index contributed by atoms with van der Waals surface area (Å²) in [5.41, 5.74) is 2.37. The Kier molecular flexibility index (Phi) is 6.26. The maximum absolute atomic E-state index is 11.9. The Morgan fingerprint density at radius 1 is 1.21 bits per heavy atom. The molecule has 0 aliphatic rings. The average Bonchev–Trinajstić information content (AvgIpc) is 3.00. The third-order valence-corrected chi connectivity index (χ3v) is 4.18. The lowest BCUT2D eigenvalue weighted by Crippen LogP contribution is -2.27. The van der Waals surface area contributed by atoms with Crippen LogP contribution in [0.25, 0.3) is 22.3 Å². The van der Waals surface area contributed by atoms with Gasteiger partial charge in [0.2, 0.25) is 0 Å². The summed E-state index contributed by atoms with van der Waals surface area (Å²) >= 11 is 0. The quantitative estimate of drug-likeness (QED) is 0.558. The molecule has 3 rings (SSSR count). The Balaban J connectivity index is 1.86. The number of carbonyl (C=O) groups excluding carboxylic acids is 1. The number of benzene rings is 1. The highest BCUT2D eigenvalue weighted by atomic mass is 16.5. The largest absolute Gasteiger partial charge is 0.489 e. The maximum Gasteiger partial charge on any atom is 0.327 e. The summed E-state index contributed by atoms with van der Waals surface area (Å²) in [5.74, 6) is 0.481. The SMILES string of the molecule is CCOC(=O)Cn1nc(-c2ccc(OC(C)CN(C)C)cc2)c2cccnc21. The first kappa shape index (κ1) is 19.8. The van der Waals surface area contributed by atoms with Gasteiger partial charge in [-0.3, -0.25) is 4.79 Å². The fourth-order valence-corrected chi connectivity index (χ4v) is 3.14. The molecule has 7 nitrogen and oxygen atoms in total. The van der Waals surface area contributed by atoms with Crippen molar-refractivity contribution in [1.29, 1.82) is 0 Å². The molecule has 0 amide bonds. The first-order valence-electron chi connectivity index (χ1n) is 9.37. The number of likely N-dealkylation sites (N-methyl/N-ethyl adjacent to an activating group) is 1. The number of ether oxygens (including phenoxy) is 2. The van der Waals surface area contributed by atoms with Gasteiger partial charge in [-0.25, -0.2) is 9.67 Å². The maximum atomic E-state index is 11.9. The van der Waals surface area contributed by atoms with Crippen LogP contribution in [0.1, 0.15) is 13.8 Å². The molecule has 0 bridgehead atoms. The van der Waals surface area contributed by atoms with Crippen LogP contribution in [-0.4, -0.2) is 59.0 Å². The number of fused-ring (bicyclic) bond motifs is 1. The lowest BCUT2D eigenvalue weighted by atomic mass is 10.1. The zero-order valence-electron chi connectivity index (χ0n) is 16.8. The fourth-order valence-electron chi connectivity index (χ4n) is 3.14. The van der Waals surface area contributed by atoms with Crippen LogP contribution in [0, 0.1) is 0 Å². The van der Waals surface area contributed by atoms with Gasteiger partial charge in [-0.2, -0.15) is 5.10 Å². The molecular formula is C21H26N4O3. The van der Waals surface area contributed by atoms with Gasteiger partial charge in [0.1, 0.15) is 24.1 Å². The second kappa shape index (κ2) is 8.84. The molecule has 0 aliphatic heterocycles. The van der Waals surface area contributed by atoms with Crippen LogP contribution in [0.5, 0.6) is 5.75 Å². The van der Waals surface area contributed by atoms with Gasteiger partial charge in [0.15, 0.2) is 5.65 Å². The minimum Gasteiger partial charge on any atom is -0.489 e. The number of hydrogen-bond acceptors (Lipinski definition) is 6. The number of hydrogen-bond donors (Lipinski definition) is 0. The highest BCUT2D eigenvalue weighted by molar-refractivity contribution is 5.91. The first-order chi connectivity index (χ1) is 13.5. The standard InChI is InChI=1S/C21H26N4O3/c1-5-27-19(26)14-25-21-18(7-6-12-22-21)20(23-25)16-8-10-17(11-9-16)28-15(2)13-24(3)4/h6-12,15H,5,13-14H2,1-4H3. The molecule has 3 aromatic rings. The minimum atomic E-state index is -0.331. The van der Waals surface area contributed by atoms with E-state index >= 15 is 0 Å². The lowest BCUT2D eigenvalue weighted by Gasteiger charge is -2.18. The molecule has 0 aliphatic carbocycles. The second-order valence-corrected chi connectivity index (χ2v) is 6.90. The van der Waals surface area contributed by atoms with Crippen LogP contribution in [0.4, 0.5) is 0 Å². The van der Waals surface area contributed by atoms with Crippen LogP contribution in [0.3, 0.4) is 0 Å². The van der Waals surface area contributed by atoms with Crippen molar-refractivity contribution in [3.05, 3.63) is 42.6 Å². The third kappa shape index (κ3) is 4.67. The van der Waals surface area contributed by atoms with Crippen LogP contribution in [-0.2, 0) is 16.1 Å². The van der Waals surface area contributed by atoms with E-state index in [1.54, 1.807) is 17.8 Å². The van der Waals surface area contributed by atoms with Crippen molar-refractivity contribution < 1.29 is 14.3 Å². The van der Waals surface area contributed by atoms with Crippen molar-refractivity contribution in [3.8, 4) is 17.0 Å². The van der Waals surface area contributed by atoms with E-state index in [1.807, 2.05) is 57.4 Å². The van der Waals surface area contributed by atoms with Gasteiger partial charge in [0.05, 0.1) is 6.61 Å². The third-order valence-electron chi connectivity index (χ3n) is 4.18. The number of nitrogens with zero attached hydrogens (tertiary/aromatic N) is 4. The molecule has 1 aromatic carbocycles. The van der Waals surface area contributed by atoms with Crippen LogP contribution < -0.4 is 4.74 Å². The lowest BCUT2D eigenvalue weighted by molar-refractivity contribution is -0.143. The fraction of sp³-hybridized carbons (Fsp3) is 0.381. The Morgan fingerprint density at radius 3 is 2.64 bits per heavy atom. The van der Waals surface area contributed by atoms with E-state index in [4.69, 9.17) is 9.47 Å². The van der Waals surface area contributed by atoms with Crippen LogP contribution >= 0.6 is 0 Å². The highest BCUT2D eigenvalue weighted by Crippen LogP contribution is 2.28. The number of rotatable bonds is 8. The Labute approximate surface area is 164 Å². The summed E-state index contributed by atoms with van der Waals surface area (Å²) in [6, 6.07) is 11.6. The molecule has 2 heterocycles. The number of aromatic nitrogens is 3. The average molecular weight is 382 g/mol. The smallest absolute Gasteiger partial charge is 0.327 e. The normalized spacial score (nSPS) is 12.3. The summed E-state index contributed by atoms with van der Waals surface area (Å²) in [7, 11) is 4.05. The number of pyridine rings is 1. The molecule has 1 atom stereocenters. The van der Waals surface area contributed by atoms with Gasteiger partial charge in [-0.15, -0.1) is 0 Å². The van der Waals surface area contributed by atoms with Crippen molar-refractivity contribution in [2.24, 2.45) is 0 Å². The molecule has 28 heavy (non-hydrogen) atoms. The van der Waals surface area contributed by atoms with E-state index in [9.17, 15) is 4.79 Å². The monoisotopic (exact) mass is 382 g/mol. The van der Waals surface area contributed by atoms with Crippen LogP contribution in [0.15, 0.2) is 42.6 Å². The minimum absolute atomic E-state index is 0.0323. The highest BCUT2D eigenvalue weighted by Gasteiger charge is 2.16. The van der Waals surface area contributed by atoms with E-state index < -0.39 is 0 Å². The van der Waals surface area contributed by atoms with Gasteiger partial charge in [0, 0.05) is 23.7 Å². The van der Waals surface area contributed by atoms with Gasteiger partial charge in [-0.1, -0.05) is 0 Å². The van der Waals surface area contributed by atoms with Gasteiger partial charge >= 0.3 is 5.97 Å². The molecule has 2 aromatic heterocycles. The van der Waals surface area contributed by atoms with Crippen molar-refractivity contribution in [2.45, 2.75) is 26.5 Å². The summed E-state index contributed by atoms with van der Waals surface area (Å²) in [6.45, 7) is 5.04. The van der Waals surface area contributed by atoms with Gasteiger partial charge in [-0.05, 0) is 64.3 Å². The summed E-state index contributed by atoms with van der Waals surface area (Å²) in [6.07, 6.45) is 1.79. The van der Waals surface area contributed by atoms with E-state index in [-0.39, 0.29) is 18.6 Å².